The average molecular weight is 329 g/mol. The lowest BCUT2D eigenvalue weighted by atomic mass is 9.99. The summed E-state index contributed by atoms with van der Waals surface area (Å²) in [6, 6.07) is 0. The van der Waals surface area contributed by atoms with Crippen molar-refractivity contribution in [3.63, 3.8) is 0 Å². The number of hydrogen-bond acceptors (Lipinski definition) is 3. The van der Waals surface area contributed by atoms with Crippen molar-refractivity contribution >= 4 is 27.7 Å². The minimum absolute atomic E-state index is 0.191. The molecule has 0 spiro atoms. The van der Waals surface area contributed by atoms with Gasteiger partial charge in [0.05, 0.1) is 7.11 Å². The Morgan fingerprint density at radius 1 is 1.21 bits per heavy atom. The van der Waals surface area contributed by atoms with Gasteiger partial charge in [0.25, 0.3) is 0 Å². The van der Waals surface area contributed by atoms with E-state index in [-0.39, 0.29) is 6.54 Å². The van der Waals surface area contributed by atoms with E-state index in [9.17, 15) is 9.59 Å². The van der Waals surface area contributed by atoms with Gasteiger partial charge >= 0.3 is 11.8 Å². The van der Waals surface area contributed by atoms with Crippen LogP contribution in [0.1, 0.15) is 22.3 Å². The van der Waals surface area contributed by atoms with Crippen LogP contribution in [0.4, 0.5) is 0 Å². The Morgan fingerprint density at radius 3 is 2.26 bits per heavy atom. The zero-order valence-electron chi connectivity index (χ0n) is 11.4. The van der Waals surface area contributed by atoms with Crippen LogP contribution in [0.25, 0.3) is 0 Å². The zero-order valence-corrected chi connectivity index (χ0v) is 13.0. The van der Waals surface area contributed by atoms with E-state index in [4.69, 9.17) is 10.5 Å². The first kappa shape index (κ1) is 15.5. The maximum atomic E-state index is 11.2. The number of rotatable bonds is 3. The van der Waals surface area contributed by atoms with Gasteiger partial charge in [0.1, 0.15) is 5.75 Å². The quantitative estimate of drug-likeness (QED) is 0.824. The van der Waals surface area contributed by atoms with Crippen LogP contribution in [0.5, 0.6) is 5.75 Å². The van der Waals surface area contributed by atoms with Gasteiger partial charge in [-0.05, 0) is 37.5 Å². The van der Waals surface area contributed by atoms with Crippen LogP contribution in [0.3, 0.4) is 0 Å². The van der Waals surface area contributed by atoms with Crippen molar-refractivity contribution in [3.8, 4) is 5.75 Å². The maximum absolute atomic E-state index is 11.2. The Balaban J connectivity index is 3.19. The van der Waals surface area contributed by atoms with E-state index in [1.807, 2.05) is 20.8 Å². The third-order valence-electron chi connectivity index (χ3n) is 3.14. The average Bonchev–Trinajstić information content (AvgIpc) is 2.38. The number of carbonyl (C=O) groups excluding carboxylic acids is 2. The Labute approximate surface area is 120 Å². The van der Waals surface area contributed by atoms with Crippen molar-refractivity contribution in [2.75, 3.05) is 7.11 Å². The summed E-state index contributed by atoms with van der Waals surface area (Å²) in [7, 11) is 1.58. The first-order valence-corrected chi connectivity index (χ1v) is 6.50. The minimum Gasteiger partial charge on any atom is -0.496 e. The lowest BCUT2D eigenvalue weighted by Crippen LogP contribution is -2.35. The van der Waals surface area contributed by atoms with Gasteiger partial charge in [-0.3, -0.25) is 9.59 Å². The lowest BCUT2D eigenvalue weighted by molar-refractivity contribution is -0.137. The first-order chi connectivity index (χ1) is 8.81. The lowest BCUT2D eigenvalue weighted by Gasteiger charge is -2.19. The Bertz CT molecular complexity index is 541. The highest BCUT2D eigenvalue weighted by Crippen LogP contribution is 2.35. The van der Waals surface area contributed by atoms with Crippen molar-refractivity contribution in [2.45, 2.75) is 27.3 Å². The normalized spacial score (nSPS) is 10.2. The molecule has 0 saturated carbocycles. The number of nitrogens with two attached hydrogens (primary N) is 1. The van der Waals surface area contributed by atoms with E-state index >= 15 is 0 Å². The van der Waals surface area contributed by atoms with Crippen LogP contribution in [-0.4, -0.2) is 18.9 Å². The molecule has 0 aromatic heterocycles. The third-order valence-corrected chi connectivity index (χ3v) is 4.33. The van der Waals surface area contributed by atoms with Gasteiger partial charge in [0.15, 0.2) is 0 Å². The van der Waals surface area contributed by atoms with E-state index in [1.165, 1.54) is 0 Å². The molecule has 0 atom stereocenters. The SMILES string of the molecule is COc1c(C)c(C)c(Br)c(C)c1CNC(=O)C(N)=O. The van der Waals surface area contributed by atoms with Gasteiger partial charge in [-0.25, -0.2) is 0 Å². The molecule has 0 radical (unpaired) electrons. The standard InChI is InChI=1S/C13H17BrN2O3/c1-6-7(2)11(19-4)9(8(3)10(6)14)5-16-13(18)12(15)17/h5H2,1-4H3,(H2,15,17)(H,16,18). The summed E-state index contributed by atoms with van der Waals surface area (Å²) in [5.74, 6) is -1.10. The molecule has 0 aliphatic carbocycles. The third kappa shape index (κ3) is 3.07. The summed E-state index contributed by atoms with van der Waals surface area (Å²) in [4.78, 5) is 21.9. The summed E-state index contributed by atoms with van der Waals surface area (Å²) in [5.41, 5.74) is 8.76. The van der Waals surface area contributed by atoms with E-state index < -0.39 is 11.8 Å². The summed E-state index contributed by atoms with van der Waals surface area (Å²) in [5, 5.41) is 2.47. The van der Waals surface area contributed by atoms with Crippen LogP contribution in [0.15, 0.2) is 4.47 Å². The summed E-state index contributed by atoms with van der Waals surface area (Å²) in [6.07, 6.45) is 0. The fraction of sp³-hybridized carbons (Fsp3) is 0.385. The van der Waals surface area contributed by atoms with E-state index in [2.05, 4.69) is 21.2 Å². The largest absolute Gasteiger partial charge is 0.496 e. The second-order valence-electron chi connectivity index (χ2n) is 4.25. The fourth-order valence-electron chi connectivity index (χ4n) is 1.89. The van der Waals surface area contributed by atoms with Gasteiger partial charge in [0.2, 0.25) is 0 Å². The second kappa shape index (κ2) is 6.06. The first-order valence-electron chi connectivity index (χ1n) is 5.71. The predicted molar refractivity (Wildman–Crippen MR) is 75.9 cm³/mol. The molecule has 0 heterocycles. The van der Waals surface area contributed by atoms with Crippen molar-refractivity contribution in [2.24, 2.45) is 5.73 Å². The zero-order chi connectivity index (χ0) is 14.7. The number of primary amides is 1. The number of hydrogen-bond donors (Lipinski definition) is 2. The summed E-state index contributed by atoms with van der Waals surface area (Å²) >= 11 is 3.52. The van der Waals surface area contributed by atoms with Crippen LogP contribution in [0.2, 0.25) is 0 Å². The molecule has 0 bridgehead atoms. The highest BCUT2D eigenvalue weighted by molar-refractivity contribution is 9.10. The Hall–Kier alpha value is -1.56. The summed E-state index contributed by atoms with van der Waals surface area (Å²) < 4.78 is 6.36. The van der Waals surface area contributed by atoms with Gasteiger partial charge in [0, 0.05) is 16.6 Å². The van der Waals surface area contributed by atoms with Crippen molar-refractivity contribution in [1.29, 1.82) is 0 Å². The Morgan fingerprint density at radius 2 is 1.79 bits per heavy atom. The minimum atomic E-state index is -1.00. The van der Waals surface area contributed by atoms with Gasteiger partial charge in [-0.2, -0.15) is 0 Å². The number of benzene rings is 1. The van der Waals surface area contributed by atoms with Crippen LogP contribution >= 0.6 is 15.9 Å². The smallest absolute Gasteiger partial charge is 0.309 e. The van der Waals surface area contributed by atoms with Gasteiger partial charge < -0.3 is 15.8 Å². The number of halogens is 1. The molecule has 19 heavy (non-hydrogen) atoms. The maximum Gasteiger partial charge on any atom is 0.309 e. The molecule has 104 valence electrons. The molecule has 2 amide bonds. The molecule has 0 fully saturated rings. The van der Waals surface area contributed by atoms with E-state index in [0.717, 1.165) is 26.7 Å². The highest BCUT2D eigenvalue weighted by atomic mass is 79.9. The highest BCUT2D eigenvalue weighted by Gasteiger charge is 2.18. The van der Waals surface area contributed by atoms with Crippen molar-refractivity contribution < 1.29 is 14.3 Å². The van der Waals surface area contributed by atoms with E-state index in [1.54, 1.807) is 7.11 Å². The molecule has 3 N–H and O–H groups in total. The van der Waals surface area contributed by atoms with Crippen molar-refractivity contribution in [3.05, 3.63) is 26.7 Å². The molecule has 6 heteroatoms. The van der Waals surface area contributed by atoms with Gasteiger partial charge in [-0.1, -0.05) is 15.9 Å². The number of ether oxygens (including phenoxy) is 1. The van der Waals surface area contributed by atoms with Crippen molar-refractivity contribution in [1.82, 2.24) is 5.32 Å². The molecular formula is C13H17BrN2O3. The number of carbonyl (C=O) groups is 2. The topological polar surface area (TPSA) is 81.4 Å². The second-order valence-corrected chi connectivity index (χ2v) is 5.04. The predicted octanol–water partition coefficient (Wildman–Crippen LogP) is 1.48. The summed E-state index contributed by atoms with van der Waals surface area (Å²) in [6.45, 7) is 6.04. The molecule has 1 aromatic carbocycles. The molecule has 1 aromatic rings. The van der Waals surface area contributed by atoms with Crippen LogP contribution in [-0.2, 0) is 16.1 Å². The van der Waals surface area contributed by atoms with E-state index in [0.29, 0.717) is 5.75 Å². The van der Waals surface area contributed by atoms with Crippen LogP contribution < -0.4 is 15.8 Å². The molecule has 0 aliphatic rings. The number of nitrogens with one attached hydrogen (secondary N) is 1. The number of methoxy groups -OCH3 is 1. The molecular weight excluding hydrogens is 312 g/mol. The van der Waals surface area contributed by atoms with Crippen LogP contribution in [0, 0.1) is 20.8 Å². The molecule has 1 rings (SSSR count). The molecule has 0 saturated heterocycles. The Kier molecular flexibility index (Phi) is 4.94. The molecule has 5 nitrogen and oxygen atoms in total. The van der Waals surface area contributed by atoms with Gasteiger partial charge in [-0.15, -0.1) is 0 Å². The molecule has 0 unspecified atom stereocenters. The monoisotopic (exact) mass is 328 g/mol. The number of amides is 2. The fourth-order valence-corrected chi connectivity index (χ4v) is 2.43. The molecule has 0 aliphatic heterocycles.